The molecule has 5 rings (SSSR count). The number of amides is 3. The normalized spacial score (nSPS) is 25.2. The van der Waals surface area contributed by atoms with Crippen LogP contribution in [0.3, 0.4) is 0 Å². The molecule has 2 unspecified atom stereocenters. The number of nitrogens with zero attached hydrogens (tertiary/aromatic N) is 3. The van der Waals surface area contributed by atoms with Gasteiger partial charge in [0.15, 0.2) is 11.5 Å². The number of likely N-dealkylation sites (tertiary alicyclic amines) is 2. The van der Waals surface area contributed by atoms with E-state index in [9.17, 15) is 14.4 Å². The molecule has 7 heteroatoms. The Morgan fingerprint density at radius 1 is 1.00 bits per heavy atom. The lowest BCUT2D eigenvalue weighted by Crippen LogP contribution is -2.40. The van der Waals surface area contributed by atoms with Crippen LogP contribution >= 0.6 is 0 Å². The van der Waals surface area contributed by atoms with Crippen LogP contribution in [-0.2, 0) is 14.4 Å². The van der Waals surface area contributed by atoms with Gasteiger partial charge >= 0.3 is 0 Å². The minimum atomic E-state index is -0.145. The Morgan fingerprint density at radius 2 is 1.67 bits per heavy atom. The number of piperidine rings is 1. The number of hydrogen-bond acceptors (Lipinski definition) is 5. The molecule has 1 aliphatic carbocycles. The van der Waals surface area contributed by atoms with Crippen molar-refractivity contribution in [3.63, 3.8) is 0 Å². The van der Waals surface area contributed by atoms with Crippen molar-refractivity contribution in [2.45, 2.75) is 50.9 Å². The van der Waals surface area contributed by atoms with Gasteiger partial charge in [0.2, 0.25) is 17.7 Å². The second-order valence-electron chi connectivity index (χ2n) is 8.75. The Bertz CT molecular complexity index is 919. The maximum Gasteiger partial charge on any atom is 0.233 e. The van der Waals surface area contributed by atoms with E-state index in [1.165, 1.54) is 4.90 Å². The number of carbonyl (C=O) groups excluding carboxylic acids is 3. The summed E-state index contributed by atoms with van der Waals surface area (Å²) in [5.74, 6) is 0.563. The number of aromatic nitrogens is 1. The van der Waals surface area contributed by atoms with Crippen molar-refractivity contribution < 1.29 is 18.8 Å². The number of fused-ring (bicyclic) bond motifs is 2. The summed E-state index contributed by atoms with van der Waals surface area (Å²) in [6.45, 7) is 1.51. The molecule has 2 aliphatic heterocycles. The van der Waals surface area contributed by atoms with Crippen LogP contribution in [0.4, 0.5) is 0 Å². The largest absolute Gasteiger partial charge is 0.440 e. The van der Waals surface area contributed by atoms with Crippen LogP contribution < -0.4 is 0 Å². The third-order valence-corrected chi connectivity index (χ3v) is 6.99. The molecular formula is C23H27N3O4. The van der Waals surface area contributed by atoms with E-state index in [0.29, 0.717) is 13.1 Å². The van der Waals surface area contributed by atoms with Crippen molar-refractivity contribution in [2.24, 2.45) is 11.8 Å². The van der Waals surface area contributed by atoms with Crippen molar-refractivity contribution >= 4 is 28.8 Å². The van der Waals surface area contributed by atoms with E-state index in [2.05, 4.69) is 4.98 Å². The topological polar surface area (TPSA) is 83.7 Å². The third-order valence-electron chi connectivity index (χ3n) is 6.99. The smallest absolute Gasteiger partial charge is 0.233 e. The van der Waals surface area contributed by atoms with E-state index in [4.69, 9.17) is 4.42 Å². The van der Waals surface area contributed by atoms with Gasteiger partial charge < -0.3 is 9.32 Å². The summed E-state index contributed by atoms with van der Waals surface area (Å²) in [6.07, 6.45) is 5.48. The van der Waals surface area contributed by atoms with Crippen LogP contribution in [0, 0.1) is 11.8 Å². The Morgan fingerprint density at radius 3 is 2.33 bits per heavy atom. The molecular weight excluding hydrogens is 382 g/mol. The minimum absolute atomic E-state index is 0.0153. The second-order valence-corrected chi connectivity index (χ2v) is 8.75. The Kier molecular flexibility index (Phi) is 5.05. The highest BCUT2D eigenvalue weighted by molar-refractivity contribution is 6.05. The van der Waals surface area contributed by atoms with E-state index in [-0.39, 0.29) is 48.4 Å². The number of oxazole rings is 1. The van der Waals surface area contributed by atoms with Crippen LogP contribution in [-0.4, -0.2) is 52.1 Å². The molecule has 3 fully saturated rings. The predicted octanol–water partition coefficient (Wildman–Crippen LogP) is 3.10. The number of para-hydroxylation sites is 2. The molecule has 3 aliphatic rings. The molecule has 3 amide bonds. The summed E-state index contributed by atoms with van der Waals surface area (Å²) < 4.78 is 5.89. The lowest BCUT2D eigenvalue weighted by atomic mass is 9.81. The van der Waals surface area contributed by atoms with E-state index >= 15 is 0 Å². The van der Waals surface area contributed by atoms with Gasteiger partial charge in [0.1, 0.15) is 5.52 Å². The van der Waals surface area contributed by atoms with Gasteiger partial charge in [0, 0.05) is 32.0 Å². The molecule has 2 atom stereocenters. The molecule has 0 spiro atoms. The maximum atomic E-state index is 12.7. The highest BCUT2D eigenvalue weighted by atomic mass is 16.3. The number of benzene rings is 1. The first-order chi connectivity index (χ1) is 14.6. The van der Waals surface area contributed by atoms with Crippen LogP contribution in [0.1, 0.15) is 56.8 Å². The summed E-state index contributed by atoms with van der Waals surface area (Å²) in [5, 5.41) is 0. The minimum Gasteiger partial charge on any atom is -0.440 e. The molecule has 1 aromatic heterocycles. The van der Waals surface area contributed by atoms with Gasteiger partial charge in [-0.2, -0.15) is 0 Å². The summed E-state index contributed by atoms with van der Waals surface area (Å²) in [4.78, 5) is 45.6. The molecule has 1 aromatic carbocycles. The van der Waals surface area contributed by atoms with Crippen molar-refractivity contribution in [3.05, 3.63) is 30.2 Å². The monoisotopic (exact) mass is 409 g/mol. The molecule has 2 saturated heterocycles. The molecule has 0 radical (unpaired) electrons. The zero-order valence-electron chi connectivity index (χ0n) is 17.1. The SMILES string of the molecule is O=C(CCN1C(=O)C2CCCCC2C1=O)N1CCC(c2nc3ccccc3o2)CC1. The van der Waals surface area contributed by atoms with Gasteiger partial charge in [-0.05, 0) is 37.8 Å². The first kappa shape index (κ1) is 19.3. The molecule has 158 valence electrons. The molecule has 30 heavy (non-hydrogen) atoms. The Hall–Kier alpha value is -2.70. The van der Waals surface area contributed by atoms with E-state index < -0.39 is 0 Å². The van der Waals surface area contributed by atoms with E-state index in [0.717, 1.165) is 55.5 Å². The van der Waals surface area contributed by atoms with E-state index in [1.807, 2.05) is 29.2 Å². The molecule has 0 N–H and O–H groups in total. The van der Waals surface area contributed by atoms with E-state index in [1.54, 1.807) is 0 Å². The van der Waals surface area contributed by atoms with Crippen molar-refractivity contribution in [2.75, 3.05) is 19.6 Å². The standard InChI is InChI=1S/C23H27N3O4/c27-20(11-14-26-22(28)16-5-1-2-6-17(16)23(26)29)25-12-9-15(10-13-25)21-24-18-7-3-4-8-19(18)30-21/h3-4,7-8,15-17H,1-2,5-6,9-14H2. The quantitative estimate of drug-likeness (QED) is 0.725. The highest BCUT2D eigenvalue weighted by Crippen LogP contribution is 2.38. The van der Waals surface area contributed by atoms with Crippen molar-refractivity contribution in [1.82, 2.24) is 14.8 Å². The summed E-state index contributed by atoms with van der Waals surface area (Å²) in [6, 6.07) is 7.74. The number of rotatable bonds is 4. The van der Waals surface area contributed by atoms with Gasteiger partial charge in [0.25, 0.3) is 0 Å². The van der Waals surface area contributed by atoms with Crippen LogP contribution in [0.2, 0.25) is 0 Å². The third kappa shape index (κ3) is 3.40. The van der Waals surface area contributed by atoms with Crippen LogP contribution in [0.15, 0.2) is 28.7 Å². The van der Waals surface area contributed by atoms with Crippen molar-refractivity contribution in [3.8, 4) is 0 Å². The first-order valence-corrected chi connectivity index (χ1v) is 11.1. The fraction of sp³-hybridized carbons (Fsp3) is 0.565. The second kappa shape index (κ2) is 7.85. The molecule has 2 aromatic rings. The van der Waals surface area contributed by atoms with Crippen molar-refractivity contribution in [1.29, 1.82) is 0 Å². The average Bonchev–Trinajstić information content (AvgIpc) is 3.32. The van der Waals surface area contributed by atoms with Gasteiger partial charge in [-0.1, -0.05) is 25.0 Å². The maximum absolute atomic E-state index is 12.7. The Balaban J connectivity index is 1.14. The number of carbonyl (C=O) groups is 3. The molecule has 0 bridgehead atoms. The molecule has 1 saturated carbocycles. The fourth-order valence-corrected chi connectivity index (χ4v) is 5.26. The zero-order valence-corrected chi connectivity index (χ0v) is 17.1. The summed E-state index contributed by atoms with van der Waals surface area (Å²) in [5.41, 5.74) is 1.66. The van der Waals surface area contributed by atoms with Gasteiger partial charge in [0.05, 0.1) is 11.8 Å². The summed E-state index contributed by atoms with van der Waals surface area (Å²) >= 11 is 0. The molecule has 7 nitrogen and oxygen atoms in total. The fourth-order valence-electron chi connectivity index (χ4n) is 5.26. The molecule has 3 heterocycles. The number of hydrogen-bond donors (Lipinski definition) is 0. The predicted molar refractivity (Wildman–Crippen MR) is 109 cm³/mol. The first-order valence-electron chi connectivity index (χ1n) is 11.1. The lowest BCUT2D eigenvalue weighted by Gasteiger charge is -2.31. The highest BCUT2D eigenvalue weighted by Gasteiger charge is 2.47. The van der Waals surface area contributed by atoms with Gasteiger partial charge in [-0.3, -0.25) is 19.3 Å². The van der Waals surface area contributed by atoms with Gasteiger partial charge in [-0.25, -0.2) is 4.98 Å². The Labute approximate surface area is 175 Å². The van der Waals surface area contributed by atoms with Crippen LogP contribution in [0.5, 0.6) is 0 Å². The summed E-state index contributed by atoms with van der Waals surface area (Å²) in [7, 11) is 0. The lowest BCUT2D eigenvalue weighted by molar-refractivity contribution is -0.141. The number of imide groups is 1. The average molecular weight is 409 g/mol. The van der Waals surface area contributed by atoms with Crippen LogP contribution in [0.25, 0.3) is 11.1 Å². The van der Waals surface area contributed by atoms with Gasteiger partial charge in [-0.15, -0.1) is 0 Å². The zero-order chi connectivity index (χ0) is 20.7.